The van der Waals surface area contributed by atoms with E-state index in [0.29, 0.717) is 34.4 Å². The Labute approximate surface area is 192 Å². The van der Waals surface area contributed by atoms with E-state index in [4.69, 9.17) is 9.47 Å². The lowest BCUT2D eigenvalue weighted by Crippen LogP contribution is -2.43. The van der Waals surface area contributed by atoms with E-state index in [1.54, 1.807) is 36.4 Å². The summed E-state index contributed by atoms with van der Waals surface area (Å²) in [5.41, 5.74) is 0.352. The minimum absolute atomic E-state index is 0.0953. The summed E-state index contributed by atoms with van der Waals surface area (Å²) in [7, 11) is 1.52. The molecule has 33 heavy (non-hydrogen) atoms. The van der Waals surface area contributed by atoms with Crippen LogP contribution in [0.5, 0.6) is 17.4 Å². The first-order valence-corrected chi connectivity index (χ1v) is 10.7. The molecule has 1 aromatic carbocycles. The molecular weight excluding hydrogens is 428 g/mol. The molecule has 0 saturated heterocycles. The highest BCUT2D eigenvalue weighted by atomic mass is 16.5. The highest BCUT2D eigenvalue weighted by molar-refractivity contribution is 5.94. The van der Waals surface area contributed by atoms with Crippen LogP contribution in [0.15, 0.2) is 42.6 Å². The number of carbonyl (C=O) groups excluding carboxylic acids is 3. The Morgan fingerprint density at radius 1 is 1.18 bits per heavy atom. The monoisotopic (exact) mass is 458 g/mol. The van der Waals surface area contributed by atoms with Crippen LogP contribution in [0.25, 0.3) is 0 Å². The van der Waals surface area contributed by atoms with Gasteiger partial charge in [0.1, 0.15) is 11.5 Å². The molecule has 2 rings (SSSR count). The maximum atomic E-state index is 12.5. The quantitative estimate of drug-likeness (QED) is 0.130. The van der Waals surface area contributed by atoms with Crippen LogP contribution < -0.4 is 20.1 Å². The van der Waals surface area contributed by atoms with Gasteiger partial charge in [0, 0.05) is 11.6 Å². The average Bonchev–Trinajstić information content (AvgIpc) is 2.83. The average molecular weight is 459 g/mol. The summed E-state index contributed by atoms with van der Waals surface area (Å²) in [6.45, 7) is 1.84. The Morgan fingerprint density at radius 3 is 2.67 bits per heavy atom. The predicted molar refractivity (Wildman–Crippen MR) is 120 cm³/mol. The molecule has 1 unspecified atom stereocenters. The van der Waals surface area contributed by atoms with Gasteiger partial charge in [-0.1, -0.05) is 32.3 Å². The molecule has 1 heterocycles. The van der Waals surface area contributed by atoms with Crippen molar-refractivity contribution >= 4 is 18.2 Å². The molecule has 3 amide bonds. The molecule has 1 atom stereocenters. The van der Waals surface area contributed by atoms with Crippen molar-refractivity contribution in [2.75, 3.05) is 20.3 Å². The molecule has 178 valence electrons. The third-order valence-electron chi connectivity index (χ3n) is 4.82. The maximum absolute atomic E-state index is 12.5. The van der Waals surface area contributed by atoms with E-state index in [1.165, 1.54) is 13.3 Å². The van der Waals surface area contributed by atoms with Crippen LogP contribution in [0.4, 0.5) is 0 Å². The molecule has 10 nitrogen and oxygen atoms in total. The Hall–Kier alpha value is -3.66. The Balaban J connectivity index is 1.88. The molecule has 0 aliphatic heterocycles. The van der Waals surface area contributed by atoms with E-state index >= 15 is 0 Å². The second-order valence-electron chi connectivity index (χ2n) is 7.31. The van der Waals surface area contributed by atoms with Gasteiger partial charge in [-0.25, -0.2) is 10.0 Å². The van der Waals surface area contributed by atoms with E-state index in [0.717, 1.165) is 19.3 Å². The topological polar surface area (TPSA) is 130 Å². The van der Waals surface area contributed by atoms with Crippen molar-refractivity contribution in [3.05, 3.63) is 48.2 Å². The minimum atomic E-state index is -0.571. The van der Waals surface area contributed by atoms with Gasteiger partial charge in [-0.15, -0.1) is 0 Å². The van der Waals surface area contributed by atoms with Crippen LogP contribution >= 0.6 is 0 Å². The molecule has 2 aromatic rings. The van der Waals surface area contributed by atoms with Gasteiger partial charge in [0.2, 0.25) is 18.2 Å². The first-order valence-electron chi connectivity index (χ1n) is 10.7. The molecule has 0 saturated carbocycles. The number of methoxy groups -OCH3 is 1. The standard InChI is InChI=1S/C23H30N4O6/c1-3-4-5-7-18(14-27(31)16-28)23(30)26-15-25-22(29)17-8-6-9-19(12-17)33-20-10-11-21(32-2)24-13-20/h6,8-13,16,18,31H,3-5,7,14-15H2,1-2H3,(H,25,29)(H,26,30). The first kappa shape index (κ1) is 25.6. The summed E-state index contributed by atoms with van der Waals surface area (Å²) in [5, 5.41) is 15.2. The number of amides is 3. The van der Waals surface area contributed by atoms with Gasteiger partial charge < -0.3 is 20.1 Å². The highest BCUT2D eigenvalue weighted by Gasteiger charge is 2.20. The molecule has 3 N–H and O–H groups in total. The number of pyridine rings is 1. The smallest absolute Gasteiger partial charge is 0.252 e. The van der Waals surface area contributed by atoms with Crippen molar-refractivity contribution < 1.29 is 29.1 Å². The van der Waals surface area contributed by atoms with Crippen molar-refractivity contribution in [2.45, 2.75) is 32.6 Å². The normalized spacial score (nSPS) is 11.2. The van der Waals surface area contributed by atoms with E-state index < -0.39 is 11.8 Å². The van der Waals surface area contributed by atoms with E-state index in [-0.39, 0.29) is 25.5 Å². The van der Waals surface area contributed by atoms with Crippen molar-refractivity contribution in [1.29, 1.82) is 0 Å². The van der Waals surface area contributed by atoms with Crippen molar-refractivity contribution in [3.63, 3.8) is 0 Å². The van der Waals surface area contributed by atoms with Crippen molar-refractivity contribution in [3.8, 4) is 17.4 Å². The van der Waals surface area contributed by atoms with E-state index in [9.17, 15) is 19.6 Å². The molecule has 0 bridgehead atoms. The van der Waals surface area contributed by atoms with Crippen LogP contribution in [0.1, 0.15) is 43.0 Å². The summed E-state index contributed by atoms with van der Waals surface area (Å²) in [5.74, 6) is 0.0835. The van der Waals surface area contributed by atoms with Crippen LogP contribution in [0.2, 0.25) is 0 Å². The SMILES string of the molecule is CCCCCC(CN(O)C=O)C(=O)NCNC(=O)c1cccc(Oc2ccc(OC)nc2)c1. The van der Waals surface area contributed by atoms with Gasteiger partial charge in [-0.3, -0.25) is 19.6 Å². The second kappa shape index (κ2) is 13.7. The summed E-state index contributed by atoms with van der Waals surface area (Å²) >= 11 is 0. The number of hydroxylamine groups is 2. The van der Waals surface area contributed by atoms with Gasteiger partial charge in [-0.2, -0.15) is 0 Å². The number of nitrogens with one attached hydrogen (secondary N) is 2. The van der Waals surface area contributed by atoms with Crippen LogP contribution in [-0.2, 0) is 9.59 Å². The molecule has 0 aliphatic rings. The van der Waals surface area contributed by atoms with Crippen LogP contribution in [0.3, 0.4) is 0 Å². The zero-order chi connectivity index (χ0) is 24.1. The number of rotatable bonds is 14. The largest absolute Gasteiger partial charge is 0.481 e. The van der Waals surface area contributed by atoms with Gasteiger partial charge in [-0.05, 0) is 30.7 Å². The lowest BCUT2D eigenvalue weighted by atomic mass is 10.0. The second-order valence-corrected chi connectivity index (χ2v) is 7.31. The zero-order valence-electron chi connectivity index (χ0n) is 18.8. The van der Waals surface area contributed by atoms with E-state index in [1.807, 2.05) is 6.92 Å². The van der Waals surface area contributed by atoms with Crippen molar-refractivity contribution in [2.24, 2.45) is 5.92 Å². The molecule has 0 aliphatic carbocycles. The third kappa shape index (κ3) is 8.77. The number of aromatic nitrogens is 1. The molecule has 0 radical (unpaired) electrons. The number of hydrogen-bond donors (Lipinski definition) is 3. The Bertz CT molecular complexity index is 906. The third-order valence-corrected chi connectivity index (χ3v) is 4.82. The number of hydrogen-bond acceptors (Lipinski definition) is 7. The maximum Gasteiger partial charge on any atom is 0.252 e. The number of nitrogens with zero attached hydrogens (tertiary/aromatic N) is 2. The van der Waals surface area contributed by atoms with E-state index in [2.05, 4.69) is 15.6 Å². The fourth-order valence-corrected chi connectivity index (χ4v) is 3.06. The van der Waals surface area contributed by atoms with Gasteiger partial charge in [0.05, 0.1) is 32.4 Å². The lowest BCUT2D eigenvalue weighted by molar-refractivity contribution is -0.154. The van der Waals surface area contributed by atoms with Gasteiger partial charge in [0.15, 0.2) is 0 Å². The fraction of sp³-hybridized carbons (Fsp3) is 0.391. The molecule has 0 spiro atoms. The van der Waals surface area contributed by atoms with Gasteiger partial charge in [0.25, 0.3) is 5.91 Å². The first-order chi connectivity index (χ1) is 16.0. The number of unbranched alkanes of at least 4 members (excludes halogenated alkanes) is 2. The van der Waals surface area contributed by atoms with Crippen molar-refractivity contribution in [1.82, 2.24) is 20.7 Å². The summed E-state index contributed by atoms with van der Waals surface area (Å²) in [4.78, 5) is 39.7. The number of carbonyl (C=O) groups is 3. The summed E-state index contributed by atoms with van der Waals surface area (Å²) < 4.78 is 10.7. The summed E-state index contributed by atoms with van der Waals surface area (Å²) in [6.07, 6.45) is 5.02. The minimum Gasteiger partial charge on any atom is -0.481 e. The summed E-state index contributed by atoms with van der Waals surface area (Å²) in [6, 6.07) is 9.94. The lowest BCUT2D eigenvalue weighted by Gasteiger charge is -2.19. The fourth-order valence-electron chi connectivity index (χ4n) is 3.06. The Kier molecular flexibility index (Phi) is 10.6. The molecule has 10 heteroatoms. The van der Waals surface area contributed by atoms with Crippen LogP contribution in [-0.4, -0.2) is 53.8 Å². The molecule has 0 fully saturated rings. The number of ether oxygens (including phenoxy) is 2. The van der Waals surface area contributed by atoms with Crippen LogP contribution in [0, 0.1) is 5.92 Å². The Morgan fingerprint density at radius 2 is 2.00 bits per heavy atom. The number of benzene rings is 1. The predicted octanol–water partition coefficient (Wildman–Crippen LogP) is 2.73. The van der Waals surface area contributed by atoms with Gasteiger partial charge >= 0.3 is 0 Å². The molecule has 1 aromatic heterocycles. The molecular formula is C23H30N4O6. The highest BCUT2D eigenvalue weighted by Crippen LogP contribution is 2.23. The zero-order valence-corrected chi connectivity index (χ0v) is 18.8.